The fourth-order valence-electron chi connectivity index (χ4n) is 13.4. The van der Waals surface area contributed by atoms with Crippen LogP contribution in [-0.2, 0) is 0 Å². The summed E-state index contributed by atoms with van der Waals surface area (Å²) >= 11 is 0. The summed E-state index contributed by atoms with van der Waals surface area (Å²) in [6.45, 7) is 9.84. The summed E-state index contributed by atoms with van der Waals surface area (Å²) in [7, 11) is 0. The highest BCUT2D eigenvalue weighted by molar-refractivity contribution is 4.97. The zero-order valence-corrected chi connectivity index (χ0v) is 35.0. The van der Waals surface area contributed by atoms with Crippen LogP contribution in [0.1, 0.15) is 206 Å². The van der Waals surface area contributed by atoms with Crippen LogP contribution in [0.15, 0.2) is 0 Å². The van der Waals surface area contributed by atoms with Gasteiger partial charge in [-0.25, -0.2) is 0 Å². The van der Waals surface area contributed by atoms with Crippen molar-refractivity contribution in [1.82, 2.24) is 21.3 Å². The van der Waals surface area contributed by atoms with E-state index in [1.54, 1.807) is 51.4 Å². The summed E-state index contributed by atoms with van der Waals surface area (Å²) in [4.78, 5) is 0. The quantitative estimate of drug-likeness (QED) is 0.100. The van der Waals surface area contributed by atoms with Crippen LogP contribution in [-0.4, -0.2) is 50.3 Å². The van der Waals surface area contributed by atoms with Crippen molar-refractivity contribution in [3.05, 3.63) is 0 Å². The number of rotatable bonds is 19. The Bertz CT molecular complexity index is 837. The molecule has 52 heavy (non-hydrogen) atoms. The number of nitrogens with one attached hydrogen (secondary N) is 4. The molecule has 0 aromatic rings. The van der Waals surface area contributed by atoms with Crippen LogP contribution < -0.4 is 21.3 Å². The van der Waals surface area contributed by atoms with E-state index in [0.29, 0.717) is 0 Å². The van der Waals surface area contributed by atoms with E-state index in [9.17, 15) is 0 Å². The highest BCUT2D eigenvalue weighted by Crippen LogP contribution is 2.52. The molecular formula is C48H90N4. The largest absolute Gasteiger partial charge is 0.312 e. The monoisotopic (exact) mass is 723 g/mol. The lowest BCUT2D eigenvalue weighted by Gasteiger charge is -2.50. The molecular weight excluding hydrogens is 633 g/mol. The smallest absolute Gasteiger partial charge is 0.0221 e. The number of hydrogen-bond acceptors (Lipinski definition) is 4. The van der Waals surface area contributed by atoms with Gasteiger partial charge in [-0.05, 0) is 163 Å². The fourth-order valence-corrected chi connectivity index (χ4v) is 13.4. The molecule has 4 saturated heterocycles. The highest BCUT2D eigenvalue weighted by atomic mass is 15.0. The van der Waals surface area contributed by atoms with Gasteiger partial charge in [0.1, 0.15) is 0 Å². The summed E-state index contributed by atoms with van der Waals surface area (Å²) in [5.74, 6) is 7.93. The first-order valence-corrected chi connectivity index (χ1v) is 24.7. The van der Waals surface area contributed by atoms with Crippen molar-refractivity contribution in [2.45, 2.75) is 231 Å². The van der Waals surface area contributed by atoms with Crippen LogP contribution in [0.25, 0.3) is 0 Å². The third kappa shape index (κ3) is 12.4. The van der Waals surface area contributed by atoms with E-state index in [-0.39, 0.29) is 0 Å². The lowest BCUT2D eigenvalue weighted by atomic mass is 9.57. The van der Waals surface area contributed by atoms with Gasteiger partial charge in [0.05, 0.1) is 0 Å². The lowest BCUT2D eigenvalue weighted by molar-refractivity contribution is 0.00910. The Balaban J connectivity index is 1.06. The zero-order chi connectivity index (χ0) is 35.8. The Labute approximate surface area is 324 Å². The molecule has 0 aromatic heterocycles. The molecule has 2 saturated carbocycles. The first kappa shape index (κ1) is 41.5. The standard InChI is InChI=1S/C48H90N4/c1-3-5-7-9-11-13-19-39-33-37(41-25-29-47(51-35-41)45-21-15-17-31-49-45)23-27-43(39)44-28-24-38(34-40(44)20-14-12-10-8-6-4-2)42-26-30-48(52-36-42)46-22-16-18-32-50-46/h37-52H,3-36H2,1-2H3. The van der Waals surface area contributed by atoms with Crippen molar-refractivity contribution in [2.75, 3.05) is 26.2 Å². The zero-order valence-electron chi connectivity index (χ0n) is 35.0. The van der Waals surface area contributed by atoms with Crippen LogP contribution in [0.4, 0.5) is 0 Å². The molecule has 302 valence electrons. The summed E-state index contributed by atoms with van der Waals surface area (Å²) in [6.07, 6.45) is 44.3. The molecule has 6 fully saturated rings. The molecule has 6 rings (SSSR count). The van der Waals surface area contributed by atoms with Gasteiger partial charge in [0.2, 0.25) is 0 Å². The van der Waals surface area contributed by atoms with Gasteiger partial charge in [0.15, 0.2) is 0 Å². The molecule has 4 nitrogen and oxygen atoms in total. The van der Waals surface area contributed by atoms with Crippen molar-refractivity contribution in [3.8, 4) is 0 Å². The summed E-state index contributed by atoms with van der Waals surface area (Å²) < 4.78 is 0. The molecule has 0 bridgehead atoms. The van der Waals surface area contributed by atoms with Crippen molar-refractivity contribution in [2.24, 2.45) is 47.3 Å². The first-order valence-electron chi connectivity index (χ1n) is 24.7. The summed E-state index contributed by atoms with van der Waals surface area (Å²) in [5, 5.41) is 16.0. The Morgan fingerprint density at radius 1 is 0.365 bits per heavy atom. The molecule has 0 radical (unpaired) electrons. The summed E-state index contributed by atoms with van der Waals surface area (Å²) in [5.41, 5.74) is 0. The van der Waals surface area contributed by atoms with Crippen molar-refractivity contribution >= 4 is 0 Å². The normalized spacial score (nSPS) is 39.3. The first-order chi connectivity index (χ1) is 25.7. The molecule has 4 aliphatic heterocycles. The van der Waals surface area contributed by atoms with Crippen LogP contribution in [0.3, 0.4) is 0 Å². The van der Waals surface area contributed by atoms with E-state index in [1.807, 2.05) is 0 Å². The van der Waals surface area contributed by atoms with E-state index in [0.717, 1.165) is 71.5 Å². The maximum atomic E-state index is 4.13. The second kappa shape index (κ2) is 23.2. The minimum absolute atomic E-state index is 0.735. The average Bonchev–Trinajstić information content (AvgIpc) is 3.21. The van der Waals surface area contributed by atoms with Crippen LogP contribution >= 0.6 is 0 Å². The molecule has 4 heterocycles. The van der Waals surface area contributed by atoms with Crippen molar-refractivity contribution < 1.29 is 0 Å². The minimum atomic E-state index is 0.735. The van der Waals surface area contributed by atoms with E-state index in [1.165, 1.54) is 167 Å². The van der Waals surface area contributed by atoms with Crippen LogP contribution in [0.5, 0.6) is 0 Å². The van der Waals surface area contributed by atoms with Gasteiger partial charge < -0.3 is 21.3 Å². The minimum Gasteiger partial charge on any atom is -0.312 e. The predicted octanol–water partition coefficient (Wildman–Crippen LogP) is 11.6. The number of piperidine rings is 4. The Morgan fingerprint density at radius 3 is 1.15 bits per heavy atom. The molecule has 4 heteroatoms. The van der Waals surface area contributed by atoms with E-state index < -0.39 is 0 Å². The molecule has 0 amide bonds. The van der Waals surface area contributed by atoms with E-state index in [2.05, 4.69) is 35.1 Å². The van der Waals surface area contributed by atoms with Gasteiger partial charge >= 0.3 is 0 Å². The maximum absolute atomic E-state index is 4.13. The predicted molar refractivity (Wildman–Crippen MR) is 225 cm³/mol. The van der Waals surface area contributed by atoms with Gasteiger partial charge in [-0.15, -0.1) is 0 Å². The van der Waals surface area contributed by atoms with Crippen LogP contribution in [0.2, 0.25) is 0 Å². The highest BCUT2D eigenvalue weighted by Gasteiger charge is 2.44. The molecule has 0 spiro atoms. The third-order valence-electron chi connectivity index (χ3n) is 16.6. The van der Waals surface area contributed by atoms with Gasteiger partial charge in [0, 0.05) is 24.2 Å². The second-order valence-electron chi connectivity index (χ2n) is 19.9. The van der Waals surface area contributed by atoms with Gasteiger partial charge in [-0.3, -0.25) is 0 Å². The maximum Gasteiger partial charge on any atom is 0.0221 e. The Morgan fingerprint density at radius 2 is 0.769 bits per heavy atom. The van der Waals surface area contributed by atoms with Crippen LogP contribution in [0, 0.1) is 47.3 Å². The molecule has 12 unspecified atom stereocenters. The number of hydrogen-bond donors (Lipinski definition) is 4. The van der Waals surface area contributed by atoms with E-state index >= 15 is 0 Å². The third-order valence-corrected chi connectivity index (χ3v) is 16.6. The SMILES string of the molecule is CCCCCCCCC1CC(C2CCC(C3CCCCN3)NC2)CCC1C1CCC(C2CCC(C3CCCCN3)NC2)CC1CCCCCCCC. The Kier molecular flexibility index (Phi) is 18.5. The summed E-state index contributed by atoms with van der Waals surface area (Å²) in [6, 6.07) is 2.95. The Hall–Kier alpha value is -0.160. The van der Waals surface area contributed by atoms with E-state index in [4.69, 9.17) is 0 Å². The van der Waals surface area contributed by atoms with Gasteiger partial charge in [0.25, 0.3) is 0 Å². The van der Waals surface area contributed by atoms with Crippen molar-refractivity contribution in [3.63, 3.8) is 0 Å². The second-order valence-corrected chi connectivity index (χ2v) is 19.9. The molecule has 2 aliphatic carbocycles. The van der Waals surface area contributed by atoms with Gasteiger partial charge in [-0.2, -0.15) is 0 Å². The fraction of sp³-hybridized carbons (Fsp3) is 1.00. The lowest BCUT2D eigenvalue weighted by Crippen LogP contribution is -2.54. The topological polar surface area (TPSA) is 48.1 Å². The molecule has 6 aliphatic rings. The molecule has 4 N–H and O–H groups in total. The van der Waals surface area contributed by atoms with Crippen molar-refractivity contribution in [1.29, 1.82) is 0 Å². The molecule has 12 atom stereocenters. The number of unbranched alkanes of at least 4 members (excludes halogenated alkanes) is 10. The average molecular weight is 723 g/mol. The van der Waals surface area contributed by atoms with Gasteiger partial charge in [-0.1, -0.05) is 117 Å². The molecule has 0 aromatic carbocycles.